The van der Waals surface area contributed by atoms with Crippen LogP contribution >= 0.6 is 11.3 Å². The van der Waals surface area contributed by atoms with Gasteiger partial charge in [0.2, 0.25) is 6.20 Å². The zero-order valence-corrected chi connectivity index (χ0v) is 11.1. The Balaban J connectivity index is 2.06. The average Bonchev–Trinajstić information content (AvgIpc) is 2.90. The van der Waals surface area contributed by atoms with Crippen molar-refractivity contribution in [2.45, 2.75) is 6.42 Å². The van der Waals surface area contributed by atoms with E-state index in [0.717, 1.165) is 15.9 Å². The number of aromatic nitrogens is 4. The Morgan fingerprint density at radius 3 is 3.00 bits per heavy atom. The number of fused-ring (bicyclic) bond motifs is 1. The van der Waals surface area contributed by atoms with Gasteiger partial charge in [-0.2, -0.15) is 0 Å². The van der Waals surface area contributed by atoms with Crippen LogP contribution in [0.3, 0.4) is 0 Å². The van der Waals surface area contributed by atoms with Crippen LogP contribution in [0.15, 0.2) is 36.0 Å². The SMILES string of the molecule is C[n+]1cc(C(=O)Cc2nncs2)c2ccccc2n1. The Bertz CT molecular complexity index is 739. The maximum Gasteiger partial charge on any atom is 0.207 e. The lowest BCUT2D eigenvalue weighted by molar-refractivity contribution is -0.728. The summed E-state index contributed by atoms with van der Waals surface area (Å²) in [7, 11) is 1.81. The molecule has 0 unspecified atom stereocenters. The Hall–Kier alpha value is -2.21. The lowest BCUT2D eigenvalue weighted by atomic mass is 10.1. The molecular formula is C13H11N4OS+. The first-order valence-corrected chi connectivity index (χ1v) is 6.66. The van der Waals surface area contributed by atoms with E-state index in [2.05, 4.69) is 15.3 Å². The number of hydrogen-bond acceptors (Lipinski definition) is 5. The monoisotopic (exact) mass is 271 g/mol. The summed E-state index contributed by atoms with van der Waals surface area (Å²) >= 11 is 1.39. The van der Waals surface area contributed by atoms with Crippen LogP contribution in [0.25, 0.3) is 10.9 Å². The van der Waals surface area contributed by atoms with E-state index in [4.69, 9.17) is 0 Å². The summed E-state index contributed by atoms with van der Waals surface area (Å²) in [5, 5.41) is 13.6. The van der Waals surface area contributed by atoms with Gasteiger partial charge in [0.1, 0.15) is 16.0 Å². The number of rotatable bonds is 3. The normalized spacial score (nSPS) is 10.8. The van der Waals surface area contributed by atoms with E-state index in [9.17, 15) is 4.79 Å². The largest absolute Gasteiger partial charge is 0.293 e. The molecule has 0 saturated carbocycles. The van der Waals surface area contributed by atoms with Crippen LogP contribution in [-0.4, -0.2) is 21.1 Å². The third kappa shape index (κ3) is 2.34. The number of ketones is 1. The standard InChI is InChI=1S/C13H11N4OS/c1-17-7-10(9-4-2-3-5-11(9)16-17)12(18)6-13-15-14-8-19-13/h2-5,7-8H,6H2,1H3/q+1. The minimum absolute atomic E-state index is 0.0333. The number of benzene rings is 1. The molecule has 5 nitrogen and oxygen atoms in total. The molecule has 19 heavy (non-hydrogen) atoms. The predicted octanol–water partition coefficient (Wildman–Crippen LogP) is 1.34. The molecule has 0 fully saturated rings. The Labute approximate surface area is 113 Å². The van der Waals surface area contributed by atoms with Gasteiger partial charge in [0.05, 0.1) is 12.0 Å². The van der Waals surface area contributed by atoms with E-state index in [1.807, 2.05) is 31.3 Å². The van der Waals surface area contributed by atoms with Gasteiger partial charge in [-0.05, 0) is 11.2 Å². The first-order valence-electron chi connectivity index (χ1n) is 5.78. The molecule has 0 amide bonds. The molecule has 0 atom stereocenters. The molecule has 2 aromatic heterocycles. The molecule has 2 heterocycles. The van der Waals surface area contributed by atoms with Gasteiger partial charge in [-0.3, -0.25) is 4.79 Å². The first-order chi connectivity index (χ1) is 9.24. The summed E-state index contributed by atoms with van der Waals surface area (Å²) in [6.45, 7) is 0. The van der Waals surface area contributed by atoms with Crippen molar-refractivity contribution in [3.05, 3.63) is 46.5 Å². The number of aryl methyl sites for hydroxylation is 1. The molecule has 3 rings (SSSR count). The van der Waals surface area contributed by atoms with Crippen molar-refractivity contribution in [2.75, 3.05) is 0 Å². The fraction of sp³-hybridized carbons (Fsp3) is 0.154. The van der Waals surface area contributed by atoms with Gasteiger partial charge in [-0.15, -0.1) is 21.5 Å². The van der Waals surface area contributed by atoms with Crippen molar-refractivity contribution < 1.29 is 9.48 Å². The quantitative estimate of drug-likeness (QED) is 0.533. The van der Waals surface area contributed by atoms with Crippen LogP contribution in [0.1, 0.15) is 15.4 Å². The minimum Gasteiger partial charge on any atom is -0.293 e. The lowest BCUT2D eigenvalue weighted by Gasteiger charge is -2.01. The number of carbonyl (C=O) groups excluding carboxylic acids is 1. The van der Waals surface area contributed by atoms with Crippen LogP contribution in [0.2, 0.25) is 0 Å². The van der Waals surface area contributed by atoms with Crippen molar-refractivity contribution in [1.29, 1.82) is 0 Å². The highest BCUT2D eigenvalue weighted by atomic mass is 32.1. The molecule has 0 N–H and O–H groups in total. The third-order valence-electron chi connectivity index (χ3n) is 2.79. The zero-order chi connectivity index (χ0) is 13.2. The first kappa shape index (κ1) is 11.9. The van der Waals surface area contributed by atoms with E-state index < -0.39 is 0 Å². The summed E-state index contributed by atoms with van der Waals surface area (Å²) in [4.78, 5) is 12.4. The molecule has 0 saturated heterocycles. The van der Waals surface area contributed by atoms with Crippen LogP contribution in [-0.2, 0) is 13.5 Å². The second kappa shape index (κ2) is 4.81. The fourth-order valence-electron chi connectivity index (χ4n) is 1.97. The molecule has 0 spiro atoms. The maximum absolute atomic E-state index is 12.4. The number of nitrogens with zero attached hydrogens (tertiary/aromatic N) is 4. The van der Waals surface area contributed by atoms with E-state index in [1.165, 1.54) is 11.3 Å². The molecule has 3 aromatic rings. The van der Waals surface area contributed by atoms with Crippen molar-refractivity contribution in [3.8, 4) is 0 Å². The molecular weight excluding hydrogens is 260 g/mol. The van der Waals surface area contributed by atoms with E-state index in [-0.39, 0.29) is 12.2 Å². The van der Waals surface area contributed by atoms with E-state index >= 15 is 0 Å². The number of carbonyl (C=O) groups is 1. The fourth-order valence-corrected chi connectivity index (χ4v) is 2.50. The van der Waals surface area contributed by atoms with Gasteiger partial charge in [-0.25, -0.2) is 0 Å². The van der Waals surface area contributed by atoms with Gasteiger partial charge < -0.3 is 0 Å². The van der Waals surface area contributed by atoms with Crippen molar-refractivity contribution >= 4 is 28.0 Å². The zero-order valence-electron chi connectivity index (χ0n) is 10.3. The second-order valence-electron chi connectivity index (χ2n) is 4.17. The Morgan fingerprint density at radius 1 is 1.37 bits per heavy atom. The van der Waals surface area contributed by atoms with Crippen LogP contribution in [0, 0.1) is 0 Å². The van der Waals surface area contributed by atoms with Crippen LogP contribution < -0.4 is 4.68 Å². The van der Waals surface area contributed by atoms with E-state index in [1.54, 1.807) is 16.4 Å². The van der Waals surface area contributed by atoms with Gasteiger partial charge in [0, 0.05) is 5.39 Å². The Morgan fingerprint density at radius 2 is 2.21 bits per heavy atom. The summed E-state index contributed by atoms with van der Waals surface area (Å²) in [6.07, 6.45) is 2.03. The summed E-state index contributed by atoms with van der Waals surface area (Å²) in [6, 6.07) is 7.63. The summed E-state index contributed by atoms with van der Waals surface area (Å²) in [5.74, 6) is 0.0333. The second-order valence-corrected chi connectivity index (χ2v) is 5.08. The van der Waals surface area contributed by atoms with Crippen LogP contribution in [0.5, 0.6) is 0 Å². The van der Waals surface area contributed by atoms with Crippen molar-refractivity contribution in [2.24, 2.45) is 7.05 Å². The topological polar surface area (TPSA) is 59.6 Å². The molecule has 94 valence electrons. The van der Waals surface area contributed by atoms with Gasteiger partial charge in [0.15, 0.2) is 12.8 Å². The highest BCUT2D eigenvalue weighted by Crippen LogP contribution is 2.17. The van der Waals surface area contributed by atoms with Gasteiger partial charge in [-0.1, -0.05) is 22.9 Å². The lowest BCUT2D eigenvalue weighted by Crippen LogP contribution is -2.33. The highest BCUT2D eigenvalue weighted by molar-refractivity contribution is 7.09. The third-order valence-corrected chi connectivity index (χ3v) is 3.49. The maximum atomic E-state index is 12.4. The van der Waals surface area contributed by atoms with Crippen molar-refractivity contribution in [1.82, 2.24) is 15.3 Å². The minimum atomic E-state index is 0.0333. The molecule has 0 aliphatic rings. The molecule has 1 aromatic carbocycles. The van der Waals surface area contributed by atoms with Crippen LogP contribution in [0.4, 0.5) is 0 Å². The predicted molar refractivity (Wildman–Crippen MR) is 70.9 cm³/mol. The average molecular weight is 271 g/mol. The smallest absolute Gasteiger partial charge is 0.207 e. The molecule has 0 bridgehead atoms. The van der Waals surface area contributed by atoms with Gasteiger partial charge in [0.25, 0.3) is 0 Å². The van der Waals surface area contributed by atoms with Gasteiger partial charge >= 0.3 is 0 Å². The van der Waals surface area contributed by atoms with E-state index in [0.29, 0.717) is 5.56 Å². The molecule has 0 radical (unpaired) electrons. The summed E-state index contributed by atoms with van der Waals surface area (Å²) in [5.41, 5.74) is 3.12. The molecule has 0 aliphatic heterocycles. The Kier molecular flexibility index (Phi) is 3.00. The molecule has 6 heteroatoms. The summed E-state index contributed by atoms with van der Waals surface area (Å²) < 4.78 is 1.66. The number of hydrogen-bond donors (Lipinski definition) is 0. The highest BCUT2D eigenvalue weighted by Gasteiger charge is 2.17. The van der Waals surface area contributed by atoms with Crippen molar-refractivity contribution in [3.63, 3.8) is 0 Å². The number of Topliss-reactive ketones (excluding diaryl/α,β-unsaturated/α-hetero) is 1. The molecule has 0 aliphatic carbocycles.